The van der Waals surface area contributed by atoms with E-state index >= 15 is 0 Å². The lowest BCUT2D eigenvalue weighted by molar-refractivity contribution is 0.0948. The minimum atomic E-state index is -0.410. The molecule has 1 aromatic heterocycles. The first-order chi connectivity index (χ1) is 8.27. The number of nitrogen functional groups attached to an aromatic ring is 1. The van der Waals surface area contributed by atoms with Gasteiger partial charge >= 0.3 is 0 Å². The first-order valence-corrected chi connectivity index (χ1v) is 6.92. The molecule has 0 radical (unpaired) electrons. The smallest absolute Gasteiger partial charge is 0.287 e. The van der Waals surface area contributed by atoms with Crippen LogP contribution in [0.15, 0.2) is 6.20 Å². The van der Waals surface area contributed by atoms with Gasteiger partial charge in [-0.2, -0.15) is 11.8 Å². The Morgan fingerprint density at radius 1 is 1.53 bits per heavy atom. The number of unbranched alkanes of at least 4 members (excludes halogenated alkanes) is 2. The second-order valence-corrected chi connectivity index (χ2v) is 4.88. The van der Waals surface area contributed by atoms with Crippen LogP contribution >= 0.6 is 11.8 Å². The van der Waals surface area contributed by atoms with Crippen LogP contribution < -0.4 is 11.3 Å². The van der Waals surface area contributed by atoms with Gasteiger partial charge in [0.15, 0.2) is 5.69 Å². The van der Waals surface area contributed by atoms with Crippen molar-refractivity contribution in [3.05, 3.63) is 11.9 Å². The Labute approximate surface area is 105 Å². The molecule has 1 heterocycles. The summed E-state index contributed by atoms with van der Waals surface area (Å²) >= 11 is 1.90. The normalized spacial score (nSPS) is 10.5. The molecule has 0 unspecified atom stereocenters. The maximum absolute atomic E-state index is 11.1. The van der Waals surface area contributed by atoms with Gasteiger partial charge in [-0.3, -0.25) is 14.9 Å². The predicted molar refractivity (Wildman–Crippen MR) is 68.5 cm³/mol. The SMILES string of the molecule is CCCCCSCCn1cc(C(=O)NN)nn1. The Hall–Kier alpha value is -1.08. The highest BCUT2D eigenvalue weighted by Gasteiger charge is 2.08. The number of amides is 1. The van der Waals surface area contributed by atoms with Crippen molar-refractivity contribution in [1.82, 2.24) is 20.4 Å². The summed E-state index contributed by atoms with van der Waals surface area (Å²) in [6.45, 7) is 2.96. The van der Waals surface area contributed by atoms with E-state index in [1.54, 1.807) is 10.9 Å². The van der Waals surface area contributed by atoms with Gasteiger partial charge in [0.2, 0.25) is 0 Å². The number of thioether (sulfide) groups is 1. The maximum Gasteiger partial charge on any atom is 0.287 e. The Balaban J connectivity index is 2.19. The molecule has 0 aliphatic rings. The molecule has 17 heavy (non-hydrogen) atoms. The fourth-order valence-electron chi connectivity index (χ4n) is 1.30. The first kappa shape index (κ1) is 14.0. The second-order valence-electron chi connectivity index (χ2n) is 3.66. The van der Waals surface area contributed by atoms with Gasteiger partial charge in [-0.05, 0) is 12.2 Å². The van der Waals surface area contributed by atoms with Crippen LogP contribution in [0.3, 0.4) is 0 Å². The van der Waals surface area contributed by atoms with Crippen LogP contribution in [-0.2, 0) is 6.54 Å². The zero-order chi connectivity index (χ0) is 12.5. The van der Waals surface area contributed by atoms with Crippen LogP contribution in [0, 0.1) is 0 Å². The van der Waals surface area contributed by atoms with E-state index in [4.69, 9.17) is 5.84 Å². The van der Waals surface area contributed by atoms with Crippen molar-refractivity contribution in [3.63, 3.8) is 0 Å². The van der Waals surface area contributed by atoms with Crippen LogP contribution in [0.4, 0.5) is 0 Å². The quantitative estimate of drug-likeness (QED) is 0.311. The number of hydrazine groups is 1. The highest BCUT2D eigenvalue weighted by Crippen LogP contribution is 2.06. The summed E-state index contributed by atoms with van der Waals surface area (Å²) in [5.74, 6) is 6.75. The summed E-state index contributed by atoms with van der Waals surface area (Å²) in [5.41, 5.74) is 2.28. The van der Waals surface area contributed by atoms with Crippen molar-refractivity contribution >= 4 is 17.7 Å². The number of carbonyl (C=O) groups is 1. The molecule has 0 atom stereocenters. The van der Waals surface area contributed by atoms with Crippen molar-refractivity contribution in [1.29, 1.82) is 0 Å². The van der Waals surface area contributed by atoms with Crippen LogP contribution in [0.25, 0.3) is 0 Å². The van der Waals surface area contributed by atoms with Gasteiger partial charge in [-0.25, -0.2) is 5.84 Å². The highest BCUT2D eigenvalue weighted by molar-refractivity contribution is 7.99. The molecule has 1 amide bonds. The van der Waals surface area contributed by atoms with Crippen LogP contribution in [0.5, 0.6) is 0 Å². The zero-order valence-electron chi connectivity index (χ0n) is 10.1. The number of carbonyl (C=O) groups excluding carboxylic acids is 1. The minimum Gasteiger partial charge on any atom is -0.289 e. The molecule has 0 spiro atoms. The Bertz CT molecular complexity index is 341. The molecule has 3 N–H and O–H groups in total. The van der Waals surface area contributed by atoms with Crippen molar-refractivity contribution in [3.8, 4) is 0 Å². The molecule has 0 saturated carbocycles. The molecular weight excluding hydrogens is 238 g/mol. The van der Waals surface area contributed by atoms with Gasteiger partial charge in [-0.15, -0.1) is 5.10 Å². The Kier molecular flexibility index (Phi) is 6.64. The molecule has 0 aliphatic heterocycles. The predicted octanol–water partition coefficient (Wildman–Crippen LogP) is 0.805. The third-order valence-electron chi connectivity index (χ3n) is 2.26. The molecule has 7 heteroatoms. The number of nitrogens with one attached hydrogen (secondary N) is 1. The van der Waals surface area contributed by atoms with Gasteiger partial charge < -0.3 is 0 Å². The fraction of sp³-hybridized carbons (Fsp3) is 0.700. The summed E-state index contributed by atoms with van der Waals surface area (Å²) in [6.07, 6.45) is 5.41. The molecule has 0 bridgehead atoms. The number of hydrogen-bond acceptors (Lipinski definition) is 5. The monoisotopic (exact) mass is 257 g/mol. The van der Waals surface area contributed by atoms with Gasteiger partial charge in [0, 0.05) is 5.75 Å². The summed E-state index contributed by atoms with van der Waals surface area (Å²) < 4.78 is 1.66. The molecule has 1 aromatic rings. The number of aromatic nitrogens is 3. The van der Waals surface area contributed by atoms with Crippen LogP contribution in [-0.4, -0.2) is 32.4 Å². The van der Waals surface area contributed by atoms with Gasteiger partial charge in [-0.1, -0.05) is 25.0 Å². The molecule has 0 aromatic carbocycles. The van der Waals surface area contributed by atoms with E-state index in [0.717, 1.165) is 12.3 Å². The van der Waals surface area contributed by atoms with Crippen molar-refractivity contribution in [2.75, 3.05) is 11.5 Å². The zero-order valence-corrected chi connectivity index (χ0v) is 10.9. The van der Waals surface area contributed by atoms with E-state index < -0.39 is 5.91 Å². The van der Waals surface area contributed by atoms with E-state index in [1.165, 1.54) is 25.0 Å². The van der Waals surface area contributed by atoms with E-state index in [9.17, 15) is 4.79 Å². The minimum absolute atomic E-state index is 0.253. The largest absolute Gasteiger partial charge is 0.289 e. The van der Waals surface area contributed by atoms with Crippen LogP contribution in [0.2, 0.25) is 0 Å². The molecule has 6 nitrogen and oxygen atoms in total. The first-order valence-electron chi connectivity index (χ1n) is 5.76. The summed E-state index contributed by atoms with van der Waals surface area (Å²) in [6, 6.07) is 0. The fourth-order valence-corrected chi connectivity index (χ4v) is 2.23. The van der Waals surface area contributed by atoms with Crippen molar-refractivity contribution in [2.24, 2.45) is 5.84 Å². The maximum atomic E-state index is 11.1. The van der Waals surface area contributed by atoms with E-state index in [2.05, 4.69) is 17.2 Å². The van der Waals surface area contributed by atoms with E-state index in [1.807, 2.05) is 17.2 Å². The summed E-state index contributed by atoms with van der Waals surface area (Å²) in [4.78, 5) is 11.1. The number of nitrogens with two attached hydrogens (primary N) is 1. The molecule has 0 fully saturated rings. The standard InChI is InChI=1S/C10H19N5OS/c1-2-3-4-6-17-7-5-15-8-9(13-14-15)10(16)12-11/h8H,2-7,11H2,1H3,(H,12,16). The van der Waals surface area contributed by atoms with Crippen LogP contribution in [0.1, 0.15) is 36.7 Å². The highest BCUT2D eigenvalue weighted by atomic mass is 32.2. The number of hydrogen-bond donors (Lipinski definition) is 2. The average molecular weight is 257 g/mol. The molecule has 0 saturated heterocycles. The third kappa shape index (κ3) is 5.18. The molecule has 0 aliphatic carbocycles. The average Bonchev–Trinajstić information content (AvgIpc) is 2.81. The van der Waals surface area contributed by atoms with Gasteiger partial charge in [0.1, 0.15) is 0 Å². The third-order valence-corrected chi connectivity index (χ3v) is 3.31. The summed E-state index contributed by atoms with van der Waals surface area (Å²) in [5, 5.41) is 7.58. The number of aryl methyl sites for hydroxylation is 1. The second kappa shape index (κ2) is 8.08. The molecule has 96 valence electrons. The lowest BCUT2D eigenvalue weighted by Crippen LogP contribution is -2.30. The van der Waals surface area contributed by atoms with Crippen molar-refractivity contribution in [2.45, 2.75) is 32.7 Å². The van der Waals surface area contributed by atoms with Gasteiger partial charge in [0.25, 0.3) is 5.91 Å². The molecular formula is C10H19N5OS. The van der Waals surface area contributed by atoms with Crippen molar-refractivity contribution < 1.29 is 4.79 Å². The Morgan fingerprint density at radius 3 is 3.06 bits per heavy atom. The molecule has 1 rings (SSSR count). The lowest BCUT2D eigenvalue weighted by Gasteiger charge is -2.00. The lowest BCUT2D eigenvalue weighted by atomic mass is 10.3. The van der Waals surface area contributed by atoms with Gasteiger partial charge in [0.05, 0.1) is 12.7 Å². The Morgan fingerprint density at radius 2 is 2.35 bits per heavy atom. The van der Waals surface area contributed by atoms with E-state index in [-0.39, 0.29) is 5.69 Å². The van der Waals surface area contributed by atoms with E-state index in [0.29, 0.717) is 0 Å². The summed E-state index contributed by atoms with van der Waals surface area (Å²) in [7, 11) is 0. The number of rotatable bonds is 8. The number of nitrogens with zero attached hydrogens (tertiary/aromatic N) is 3. The topological polar surface area (TPSA) is 85.8 Å².